The summed E-state index contributed by atoms with van der Waals surface area (Å²) in [5.74, 6) is 1.26. The molecule has 0 bridgehead atoms. The molecule has 2 aliphatic rings. The smallest absolute Gasteiger partial charge is 0.260 e. The minimum atomic E-state index is -2.86. The van der Waals surface area contributed by atoms with Crippen LogP contribution in [0.4, 0.5) is 0 Å². The molecule has 0 amide bonds. The van der Waals surface area contributed by atoms with Crippen LogP contribution in [0.25, 0.3) is 21.3 Å². The lowest BCUT2D eigenvalue weighted by Crippen LogP contribution is -2.50. The SMILES string of the molecule is O=c1[nH]c(CN2CCN(C3CCS(=O)(=O)C3)CC2)nc2scc(-c3ccc(Cl)cc3)c12. The van der Waals surface area contributed by atoms with Crippen LogP contribution in [0.15, 0.2) is 34.4 Å². The van der Waals surface area contributed by atoms with Crippen LogP contribution in [0.3, 0.4) is 0 Å². The summed E-state index contributed by atoms with van der Waals surface area (Å²) in [5.41, 5.74) is 1.69. The number of nitrogens with one attached hydrogen (secondary N) is 1. The number of hydrogen-bond donors (Lipinski definition) is 1. The lowest BCUT2D eigenvalue weighted by atomic mass is 10.1. The number of aromatic nitrogens is 2. The minimum absolute atomic E-state index is 0.124. The number of rotatable bonds is 4. The molecule has 1 unspecified atom stereocenters. The predicted octanol–water partition coefficient (Wildman–Crippen LogP) is 2.61. The van der Waals surface area contributed by atoms with Crippen molar-refractivity contribution in [2.45, 2.75) is 19.0 Å². The Hall–Kier alpha value is -1.78. The molecule has 1 N–H and O–H groups in total. The van der Waals surface area contributed by atoms with Crippen molar-refractivity contribution >= 4 is 43.0 Å². The van der Waals surface area contributed by atoms with Gasteiger partial charge in [0.1, 0.15) is 10.7 Å². The highest BCUT2D eigenvalue weighted by molar-refractivity contribution is 7.91. The van der Waals surface area contributed by atoms with E-state index in [9.17, 15) is 13.2 Å². The quantitative estimate of drug-likeness (QED) is 0.620. The van der Waals surface area contributed by atoms with E-state index in [0.29, 0.717) is 28.5 Å². The first-order valence-corrected chi connectivity index (χ1v) is 13.4. The molecule has 0 spiro atoms. The molecular formula is C21H23ClN4O3S2. The third-order valence-electron chi connectivity index (χ3n) is 6.15. The van der Waals surface area contributed by atoms with E-state index in [1.165, 1.54) is 11.3 Å². The highest BCUT2D eigenvalue weighted by Gasteiger charge is 2.33. The van der Waals surface area contributed by atoms with Gasteiger partial charge in [-0.2, -0.15) is 0 Å². The predicted molar refractivity (Wildman–Crippen MR) is 125 cm³/mol. The first-order chi connectivity index (χ1) is 14.9. The number of sulfone groups is 1. The maximum Gasteiger partial charge on any atom is 0.260 e. The van der Waals surface area contributed by atoms with E-state index in [1.807, 2.05) is 29.6 Å². The van der Waals surface area contributed by atoms with E-state index in [0.717, 1.165) is 48.6 Å². The van der Waals surface area contributed by atoms with Crippen LogP contribution in [0.5, 0.6) is 0 Å². The zero-order valence-corrected chi connectivity index (χ0v) is 19.3. The molecular weight excluding hydrogens is 456 g/mol. The van der Waals surface area contributed by atoms with E-state index in [2.05, 4.69) is 14.8 Å². The molecule has 7 nitrogen and oxygen atoms in total. The average Bonchev–Trinajstić information content (AvgIpc) is 3.33. The monoisotopic (exact) mass is 478 g/mol. The number of nitrogens with zero attached hydrogens (tertiary/aromatic N) is 3. The van der Waals surface area contributed by atoms with Crippen molar-refractivity contribution in [1.29, 1.82) is 0 Å². The van der Waals surface area contributed by atoms with Gasteiger partial charge in [0.15, 0.2) is 9.84 Å². The van der Waals surface area contributed by atoms with Crippen LogP contribution in [-0.4, -0.2) is 71.9 Å². The molecule has 164 valence electrons. The van der Waals surface area contributed by atoms with Crippen molar-refractivity contribution in [2.75, 3.05) is 37.7 Å². The summed E-state index contributed by atoms with van der Waals surface area (Å²) < 4.78 is 23.5. The van der Waals surface area contributed by atoms with Crippen LogP contribution >= 0.6 is 22.9 Å². The summed E-state index contributed by atoms with van der Waals surface area (Å²) in [4.78, 5) is 25.8. The molecule has 4 heterocycles. The molecule has 31 heavy (non-hydrogen) atoms. The van der Waals surface area contributed by atoms with Crippen molar-refractivity contribution in [3.05, 3.63) is 50.8 Å². The number of aromatic amines is 1. The van der Waals surface area contributed by atoms with Gasteiger partial charge >= 0.3 is 0 Å². The van der Waals surface area contributed by atoms with Crippen LogP contribution in [0.2, 0.25) is 5.02 Å². The summed E-state index contributed by atoms with van der Waals surface area (Å²) in [6.07, 6.45) is 0.738. The van der Waals surface area contributed by atoms with Gasteiger partial charge in [0.2, 0.25) is 0 Å². The summed E-state index contributed by atoms with van der Waals surface area (Å²) in [6.45, 7) is 3.92. The van der Waals surface area contributed by atoms with Crippen molar-refractivity contribution in [3.8, 4) is 11.1 Å². The Morgan fingerprint density at radius 3 is 2.58 bits per heavy atom. The van der Waals surface area contributed by atoms with Gasteiger partial charge in [-0.15, -0.1) is 11.3 Å². The molecule has 10 heteroatoms. The molecule has 1 atom stereocenters. The summed E-state index contributed by atoms with van der Waals surface area (Å²) in [6, 6.07) is 7.60. The maximum absolute atomic E-state index is 12.9. The number of benzene rings is 1. The highest BCUT2D eigenvalue weighted by atomic mass is 35.5. The fourth-order valence-electron chi connectivity index (χ4n) is 4.47. The van der Waals surface area contributed by atoms with Crippen LogP contribution in [0.1, 0.15) is 12.2 Å². The second kappa shape index (κ2) is 8.29. The zero-order chi connectivity index (χ0) is 21.6. The molecule has 0 aliphatic carbocycles. The maximum atomic E-state index is 12.9. The average molecular weight is 479 g/mol. The van der Waals surface area contributed by atoms with Crippen LogP contribution in [0, 0.1) is 0 Å². The Labute approximate surface area is 189 Å². The van der Waals surface area contributed by atoms with Crippen LogP contribution < -0.4 is 5.56 Å². The first-order valence-electron chi connectivity index (χ1n) is 10.3. The topological polar surface area (TPSA) is 86.4 Å². The summed E-state index contributed by atoms with van der Waals surface area (Å²) in [5, 5.41) is 3.24. The van der Waals surface area contributed by atoms with Crippen LogP contribution in [-0.2, 0) is 16.4 Å². The molecule has 2 aliphatic heterocycles. The molecule has 2 fully saturated rings. The van der Waals surface area contributed by atoms with Crippen molar-refractivity contribution in [2.24, 2.45) is 0 Å². The van der Waals surface area contributed by atoms with E-state index < -0.39 is 9.84 Å². The largest absolute Gasteiger partial charge is 0.309 e. The Morgan fingerprint density at radius 1 is 1.16 bits per heavy atom. The van der Waals surface area contributed by atoms with E-state index in [4.69, 9.17) is 16.6 Å². The molecule has 0 saturated carbocycles. The van der Waals surface area contributed by atoms with Gasteiger partial charge in [0, 0.05) is 48.2 Å². The number of piperazine rings is 1. The van der Waals surface area contributed by atoms with Gasteiger partial charge < -0.3 is 4.98 Å². The van der Waals surface area contributed by atoms with E-state index in [1.54, 1.807) is 0 Å². The highest BCUT2D eigenvalue weighted by Crippen LogP contribution is 2.31. The first kappa shape index (κ1) is 21.1. The summed E-state index contributed by atoms with van der Waals surface area (Å²) >= 11 is 7.45. The van der Waals surface area contributed by atoms with Crippen molar-refractivity contribution in [3.63, 3.8) is 0 Å². The second-order valence-corrected chi connectivity index (χ2v) is 11.7. The number of hydrogen-bond acceptors (Lipinski definition) is 7. The Balaban J connectivity index is 1.29. The zero-order valence-electron chi connectivity index (χ0n) is 16.9. The third kappa shape index (κ3) is 4.42. The minimum Gasteiger partial charge on any atom is -0.309 e. The van der Waals surface area contributed by atoms with Gasteiger partial charge in [0.25, 0.3) is 5.56 Å². The number of halogens is 1. The second-order valence-electron chi connectivity index (χ2n) is 8.22. The molecule has 5 rings (SSSR count). The van der Waals surface area contributed by atoms with Gasteiger partial charge in [-0.1, -0.05) is 23.7 Å². The number of thiophene rings is 1. The van der Waals surface area contributed by atoms with E-state index in [-0.39, 0.29) is 17.4 Å². The lowest BCUT2D eigenvalue weighted by molar-refractivity contribution is 0.0984. The Morgan fingerprint density at radius 2 is 1.90 bits per heavy atom. The third-order valence-corrected chi connectivity index (χ3v) is 9.03. The molecule has 2 saturated heterocycles. The molecule has 0 radical (unpaired) electrons. The Kier molecular flexibility index (Phi) is 5.64. The Bertz CT molecular complexity index is 1260. The van der Waals surface area contributed by atoms with E-state index >= 15 is 0 Å². The molecule has 3 aromatic rings. The number of H-pyrrole nitrogens is 1. The van der Waals surface area contributed by atoms with Crippen molar-refractivity contribution in [1.82, 2.24) is 19.8 Å². The fourth-order valence-corrected chi connectivity index (χ4v) is 7.33. The normalized spacial score (nSPS) is 22.3. The molecule has 1 aromatic carbocycles. The lowest BCUT2D eigenvalue weighted by Gasteiger charge is -2.37. The molecule has 2 aromatic heterocycles. The van der Waals surface area contributed by atoms with Gasteiger partial charge in [-0.25, -0.2) is 13.4 Å². The fraction of sp³-hybridized carbons (Fsp3) is 0.429. The summed E-state index contributed by atoms with van der Waals surface area (Å²) in [7, 11) is -2.86. The van der Waals surface area contributed by atoms with Gasteiger partial charge in [0.05, 0.1) is 23.4 Å². The standard InChI is InChI=1S/C21H23ClN4O3S2/c22-15-3-1-14(2-4-15)17-12-30-21-19(17)20(27)23-18(24-21)11-25-6-8-26(9-7-25)16-5-10-31(28,29)13-16/h1-4,12,16H,5-11,13H2,(H,23,24,27). The van der Waals surface area contributed by atoms with Gasteiger partial charge in [-0.3, -0.25) is 14.6 Å². The number of fused-ring (bicyclic) bond motifs is 1. The van der Waals surface area contributed by atoms with Gasteiger partial charge in [-0.05, 0) is 24.1 Å². The van der Waals surface area contributed by atoms with Crippen molar-refractivity contribution < 1.29 is 8.42 Å².